The number of halogens is 1. The van der Waals surface area contributed by atoms with Gasteiger partial charge in [-0.1, -0.05) is 32.0 Å². The van der Waals surface area contributed by atoms with Crippen molar-refractivity contribution in [2.75, 3.05) is 0 Å². The van der Waals surface area contributed by atoms with E-state index in [0.29, 0.717) is 17.1 Å². The van der Waals surface area contributed by atoms with Gasteiger partial charge >= 0.3 is 0 Å². The van der Waals surface area contributed by atoms with Gasteiger partial charge in [-0.25, -0.2) is 9.37 Å². The van der Waals surface area contributed by atoms with E-state index >= 15 is 0 Å². The van der Waals surface area contributed by atoms with Crippen LogP contribution in [-0.2, 0) is 6.54 Å². The molecule has 0 aliphatic heterocycles. The number of carbonyl (C=O) groups is 1. The first-order chi connectivity index (χ1) is 9.49. The second-order valence-corrected chi connectivity index (χ2v) is 4.88. The van der Waals surface area contributed by atoms with Crippen molar-refractivity contribution in [2.24, 2.45) is 0 Å². The number of amides is 1. The Hall–Kier alpha value is -2.17. The lowest BCUT2D eigenvalue weighted by Gasteiger charge is -2.06. The molecule has 4 nitrogen and oxygen atoms in total. The van der Waals surface area contributed by atoms with E-state index in [1.54, 1.807) is 25.1 Å². The molecule has 1 amide bonds. The number of nitrogens with zero attached hydrogens (tertiary/aromatic N) is 1. The minimum Gasteiger partial charge on any atom is -0.436 e. The first-order valence-electron chi connectivity index (χ1n) is 6.48. The smallest absolute Gasteiger partial charge is 0.289 e. The van der Waals surface area contributed by atoms with Gasteiger partial charge in [-0.15, -0.1) is 0 Å². The number of nitrogens with one attached hydrogen (secondary N) is 1. The van der Waals surface area contributed by atoms with Crippen LogP contribution < -0.4 is 5.32 Å². The highest BCUT2D eigenvalue weighted by atomic mass is 19.1. The Balaban J connectivity index is 2.11. The van der Waals surface area contributed by atoms with Crippen molar-refractivity contribution in [3.63, 3.8) is 0 Å². The van der Waals surface area contributed by atoms with E-state index in [-0.39, 0.29) is 29.9 Å². The summed E-state index contributed by atoms with van der Waals surface area (Å²) >= 11 is 0. The molecule has 2 aromatic rings. The Morgan fingerprint density at radius 2 is 2.10 bits per heavy atom. The van der Waals surface area contributed by atoms with E-state index in [4.69, 9.17) is 4.42 Å². The second-order valence-electron chi connectivity index (χ2n) is 4.88. The molecule has 20 heavy (non-hydrogen) atoms. The number of aromatic nitrogens is 1. The Bertz CT molecular complexity index is 620. The summed E-state index contributed by atoms with van der Waals surface area (Å²) in [6, 6.07) is 6.32. The number of rotatable bonds is 4. The largest absolute Gasteiger partial charge is 0.436 e. The Morgan fingerprint density at radius 3 is 2.75 bits per heavy atom. The zero-order chi connectivity index (χ0) is 14.7. The van der Waals surface area contributed by atoms with Crippen LogP contribution in [0.5, 0.6) is 0 Å². The quantitative estimate of drug-likeness (QED) is 0.933. The standard InChI is InChI=1S/C15H17FN2O2/c1-9(2)13-14(20-10(3)18-13)15(19)17-8-11-6-4-5-7-12(11)16/h4-7,9H,8H2,1-3H3,(H,17,19). The number of hydrogen-bond donors (Lipinski definition) is 1. The van der Waals surface area contributed by atoms with Crippen molar-refractivity contribution >= 4 is 5.91 Å². The van der Waals surface area contributed by atoms with Gasteiger partial charge in [0, 0.05) is 19.0 Å². The fourth-order valence-corrected chi connectivity index (χ4v) is 1.89. The van der Waals surface area contributed by atoms with Crippen LogP contribution in [0.25, 0.3) is 0 Å². The molecule has 0 radical (unpaired) electrons. The summed E-state index contributed by atoms with van der Waals surface area (Å²) in [5, 5.41) is 2.65. The van der Waals surface area contributed by atoms with Crippen molar-refractivity contribution < 1.29 is 13.6 Å². The molecule has 1 aromatic heterocycles. The highest BCUT2D eigenvalue weighted by Crippen LogP contribution is 2.19. The van der Waals surface area contributed by atoms with Gasteiger partial charge in [0.15, 0.2) is 5.89 Å². The van der Waals surface area contributed by atoms with Crippen LogP contribution in [0.4, 0.5) is 4.39 Å². The predicted octanol–water partition coefficient (Wildman–Crippen LogP) is 3.18. The molecule has 0 atom stereocenters. The van der Waals surface area contributed by atoms with Gasteiger partial charge < -0.3 is 9.73 Å². The lowest BCUT2D eigenvalue weighted by molar-refractivity contribution is 0.0919. The zero-order valence-corrected chi connectivity index (χ0v) is 11.7. The first kappa shape index (κ1) is 14.2. The van der Waals surface area contributed by atoms with Crippen molar-refractivity contribution in [1.82, 2.24) is 10.3 Å². The number of benzene rings is 1. The van der Waals surface area contributed by atoms with Crippen LogP contribution in [-0.4, -0.2) is 10.9 Å². The van der Waals surface area contributed by atoms with Crippen LogP contribution in [0.15, 0.2) is 28.7 Å². The van der Waals surface area contributed by atoms with Crippen LogP contribution in [0.2, 0.25) is 0 Å². The van der Waals surface area contributed by atoms with Crippen molar-refractivity contribution in [1.29, 1.82) is 0 Å². The molecule has 106 valence electrons. The van der Waals surface area contributed by atoms with E-state index in [1.165, 1.54) is 6.07 Å². The van der Waals surface area contributed by atoms with E-state index in [0.717, 1.165) is 0 Å². The maximum absolute atomic E-state index is 13.5. The van der Waals surface area contributed by atoms with Gasteiger partial charge in [-0.05, 0) is 12.0 Å². The molecule has 0 saturated carbocycles. The minimum absolute atomic E-state index is 0.0849. The molecule has 1 aromatic carbocycles. The predicted molar refractivity (Wildman–Crippen MR) is 72.9 cm³/mol. The molecule has 5 heteroatoms. The van der Waals surface area contributed by atoms with Gasteiger partial charge in [-0.2, -0.15) is 0 Å². The third-order valence-electron chi connectivity index (χ3n) is 2.91. The number of aryl methyl sites for hydroxylation is 1. The fraction of sp³-hybridized carbons (Fsp3) is 0.333. The summed E-state index contributed by atoms with van der Waals surface area (Å²) in [7, 11) is 0. The van der Waals surface area contributed by atoms with Gasteiger partial charge in [0.1, 0.15) is 5.82 Å². The average molecular weight is 276 g/mol. The summed E-state index contributed by atoms with van der Waals surface area (Å²) in [6.07, 6.45) is 0. The van der Waals surface area contributed by atoms with Gasteiger partial charge in [-0.3, -0.25) is 4.79 Å². The maximum Gasteiger partial charge on any atom is 0.289 e. The molecule has 0 fully saturated rings. The zero-order valence-electron chi connectivity index (χ0n) is 11.7. The van der Waals surface area contributed by atoms with Crippen molar-refractivity contribution in [3.05, 3.63) is 53.0 Å². The Morgan fingerprint density at radius 1 is 1.40 bits per heavy atom. The van der Waals surface area contributed by atoms with Crippen LogP contribution >= 0.6 is 0 Å². The number of hydrogen-bond acceptors (Lipinski definition) is 3. The topological polar surface area (TPSA) is 55.1 Å². The van der Waals surface area contributed by atoms with E-state index < -0.39 is 0 Å². The summed E-state index contributed by atoms with van der Waals surface area (Å²) < 4.78 is 18.8. The van der Waals surface area contributed by atoms with Crippen molar-refractivity contribution in [2.45, 2.75) is 33.2 Å². The molecule has 0 saturated heterocycles. The van der Waals surface area contributed by atoms with E-state index in [2.05, 4.69) is 10.3 Å². The van der Waals surface area contributed by atoms with Crippen molar-refractivity contribution in [3.8, 4) is 0 Å². The minimum atomic E-state index is -0.377. The maximum atomic E-state index is 13.5. The molecule has 2 rings (SSSR count). The summed E-state index contributed by atoms with van der Waals surface area (Å²) in [4.78, 5) is 16.3. The summed E-state index contributed by atoms with van der Waals surface area (Å²) in [5.41, 5.74) is 1.05. The molecule has 0 aliphatic carbocycles. The molecule has 1 N–H and O–H groups in total. The SMILES string of the molecule is Cc1nc(C(C)C)c(C(=O)NCc2ccccc2F)o1. The highest BCUT2D eigenvalue weighted by molar-refractivity contribution is 5.92. The molecule has 0 bridgehead atoms. The van der Waals surface area contributed by atoms with Crippen LogP contribution in [0.1, 0.15) is 47.5 Å². The third kappa shape index (κ3) is 3.04. The molecule has 0 unspecified atom stereocenters. The Labute approximate surface area is 117 Å². The normalized spacial score (nSPS) is 10.8. The van der Waals surface area contributed by atoms with Crippen LogP contribution in [0.3, 0.4) is 0 Å². The molecule has 0 aliphatic rings. The number of oxazole rings is 1. The lowest BCUT2D eigenvalue weighted by atomic mass is 10.1. The molecular formula is C15H17FN2O2. The molecule has 0 spiro atoms. The summed E-state index contributed by atoms with van der Waals surface area (Å²) in [5.74, 6) is 0.0171. The Kier molecular flexibility index (Phi) is 4.17. The highest BCUT2D eigenvalue weighted by Gasteiger charge is 2.21. The lowest BCUT2D eigenvalue weighted by Crippen LogP contribution is -2.24. The van der Waals surface area contributed by atoms with E-state index in [1.807, 2.05) is 13.8 Å². The fourth-order valence-electron chi connectivity index (χ4n) is 1.89. The second kappa shape index (κ2) is 5.86. The van der Waals surface area contributed by atoms with Gasteiger partial charge in [0.25, 0.3) is 5.91 Å². The van der Waals surface area contributed by atoms with Gasteiger partial charge in [0.2, 0.25) is 5.76 Å². The molecular weight excluding hydrogens is 259 g/mol. The van der Waals surface area contributed by atoms with Gasteiger partial charge in [0.05, 0.1) is 5.69 Å². The number of carbonyl (C=O) groups excluding carboxylic acids is 1. The summed E-state index contributed by atoms with van der Waals surface area (Å²) in [6.45, 7) is 5.68. The third-order valence-corrected chi connectivity index (χ3v) is 2.91. The average Bonchev–Trinajstić information content (AvgIpc) is 2.80. The van der Waals surface area contributed by atoms with E-state index in [9.17, 15) is 9.18 Å². The van der Waals surface area contributed by atoms with Crippen LogP contribution in [0, 0.1) is 12.7 Å². The molecule has 1 heterocycles. The monoisotopic (exact) mass is 276 g/mol. The first-order valence-corrected chi connectivity index (χ1v) is 6.48.